The van der Waals surface area contributed by atoms with Crippen LogP contribution in [0.4, 0.5) is 0 Å². The molecule has 0 spiro atoms. The first-order chi connectivity index (χ1) is 14.9. The van der Waals surface area contributed by atoms with Crippen LogP contribution in [-0.2, 0) is 12.8 Å². The number of ketones is 1. The summed E-state index contributed by atoms with van der Waals surface area (Å²) in [5.41, 5.74) is 5.33. The van der Waals surface area contributed by atoms with Crippen molar-refractivity contribution in [2.45, 2.75) is 46.1 Å². The van der Waals surface area contributed by atoms with Crippen molar-refractivity contribution in [2.24, 2.45) is 0 Å². The molecule has 1 heterocycles. The lowest BCUT2D eigenvalue weighted by Crippen LogP contribution is -2.21. The van der Waals surface area contributed by atoms with Gasteiger partial charge in [0, 0.05) is 11.3 Å². The molecule has 0 amide bonds. The molecule has 2 N–H and O–H groups in total. The number of ether oxygens (including phenoxy) is 1. The van der Waals surface area contributed by atoms with E-state index in [9.17, 15) is 9.90 Å². The first-order valence-electron chi connectivity index (χ1n) is 10.7. The highest BCUT2D eigenvalue weighted by Crippen LogP contribution is 2.33. The number of thiophene rings is 1. The van der Waals surface area contributed by atoms with Gasteiger partial charge in [0.25, 0.3) is 0 Å². The molecular weight excluding hydrogens is 408 g/mol. The third kappa shape index (κ3) is 5.82. The van der Waals surface area contributed by atoms with Crippen LogP contribution in [0.15, 0.2) is 48.5 Å². The Kier molecular flexibility index (Phi) is 8.02. The second-order valence-corrected chi connectivity index (χ2v) is 8.93. The smallest absolute Gasteiger partial charge is 0.173 e. The first-order valence-corrected chi connectivity index (χ1v) is 11.5. The van der Waals surface area contributed by atoms with Crippen LogP contribution < -0.4 is 4.74 Å². The van der Waals surface area contributed by atoms with Crippen molar-refractivity contribution in [3.05, 3.63) is 75.0 Å². The summed E-state index contributed by atoms with van der Waals surface area (Å²) in [6, 6.07) is 16.3. The topological polar surface area (TPSA) is 66.8 Å². The molecule has 0 aliphatic heterocycles. The van der Waals surface area contributed by atoms with Gasteiger partial charge in [-0.2, -0.15) is 0 Å². The van der Waals surface area contributed by atoms with Crippen molar-refractivity contribution >= 4 is 17.1 Å². The molecule has 0 bridgehead atoms. The molecule has 1 unspecified atom stereocenters. The number of aliphatic hydroxyl groups excluding tert-OH is 2. The van der Waals surface area contributed by atoms with Crippen LogP contribution in [0.1, 0.15) is 44.6 Å². The molecule has 3 rings (SSSR count). The largest absolute Gasteiger partial charge is 0.490 e. The van der Waals surface area contributed by atoms with E-state index in [1.807, 2.05) is 50.2 Å². The van der Waals surface area contributed by atoms with Gasteiger partial charge in [-0.3, -0.25) is 4.79 Å². The maximum Gasteiger partial charge on any atom is 0.173 e. The Morgan fingerprint density at radius 3 is 2.39 bits per heavy atom. The molecule has 3 aromatic rings. The summed E-state index contributed by atoms with van der Waals surface area (Å²) >= 11 is 1.60. The molecule has 1 aromatic heterocycles. The number of benzene rings is 2. The first kappa shape index (κ1) is 23.2. The molecule has 0 radical (unpaired) electrons. The van der Waals surface area contributed by atoms with Crippen molar-refractivity contribution in [2.75, 3.05) is 13.2 Å². The zero-order valence-electron chi connectivity index (χ0n) is 18.4. The number of aryl methyl sites for hydroxylation is 4. The lowest BCUT2D eigenvalue weighted by atomic mass is 10.00. The molecule has 0 saturated heterocycles. The van der Waals surface area contributed by atoms with E-state index in [-0.39, 0.29) is 19.0 Å². The van der Waals surface area contributed by atoms with Gasteiger partial charge in [-0.05, 0) is 60.6 Å². The molecule has 4 nitrogen and oxygen atoms in total. The second kappa shape index (κ2) is 10.7. The summed E-state index contributed by atoms with van der Waals surface area (Å²) in [6.45, 7) is 5.77. The Bertz CT molecular complexity index is 1000. The summed E-state index contributed by atoms with van der Waals surface area (Å²) in [7, 11) is 0. The lowest BCUT2D eigenvalue weighted by Gasteiger charge is -2.15. The van der Waals surface area contributed by atoms with Crippen LogP contribution in [-0.4, -0.2) is 35.3 Å². The summed E-state index contributed by atoms with van der Waals surface area (Å²) in [5, 5.41) is 18.5. The third-order valence-electron chi connectivity index (χ3n) is 5.28. The summed E-state index contributed by atoms with van der Waals surface area (Å²) in [5.74, 6) is 0.893. The van der Waals surface area contributed by atoms with Crippen molar-refractivity contribution in [1.29, 1.82) is 0 Å². The van der Waals surface area contributed by atoms with Crippen LogP contribution in [0.5, 0.6) is 5.75 Å². The highest BCUT2D eigenvalue weighted by molar-refractivity contribution is 7.14. The number of aliphatic hydroxyl groups is 2. The molecule has 0 saturated carbocycles. The molecule has 5 heteroatoms. The average Bonchev–Trinajstić information content (AvgIpc) is 3.22. The van der Waals surface area contributed by atoms with Gasteiger partial charge < -0.3 is 14.9 Å². The zero-order valence-corrected chi connectivity index (χ0v) is 19.2. The summed E-state index contributed by atoms with van der Waals surface area (Å²) in [4.78, 5) is 15.0. The van der Waals surface area contributed by atoms with Gasteiger partial charge in [0.2, 0.25) is 0 Å². The molecular formula is C26H30O4S. The van der Waals surface area contributed by atoms with Crippen LogP contribution in [0.2, 0.25) is 0 Å². The Labute approximate surface area is 188 Å². The van der Waals surface area contributed by atoms with Gasteiger partial charge >= 0.3 is 0 Å². The summed E-state index contributed by atoms with van der Waals surface area (Å²) < 4.78 is 5.67. The Morgan fingerprint density at radius 2 is 1.77 bits per heavy atom. The van der Waals surface area contributed by atoms with E-state index < -0.39 is 6.10 Å². The Morgan fingerprint density at radius 1 is 1.10 bits per heavy atom. The fourth-order valence-electron chi connectivity index (χ4n) is 3.72. The number of hydrogen-bond acceptors (Lipinski definition) is 5. The zero-order chi connectivity index (χ0) is 22.4. The normalized spacial score (nSPS) is 12.0. The minimum atomic E-state index is -0.893. The maximum absolute atomic E-state index is 12.9. The van der Waals surface area contributed by atoms with E-state index in [4.69, 9.17) is 9.84 Å². The maximum atomic E-state index is 12.9. The molecule has 1 atom stereocenters. The number of carbonyl (C=O) groups excluding carboxylic acids is 1. The predicted octanol–water partition coefficient (Wildman–Crippen LogP) is 5.14. The van der Waals surface area contributed by atoms with Crippen LogP contribution in [0.25, 0.3) is 11.1 Å². The van der Waals surface area contributed by atoms with Gasteiger partial charge in [0.1, 0.15) is 18.5 Å². The van der Waals surface area contributed by atoms with E-state index >= 15 is 0 Å². The highest BCUT2D eigenvalue weighted by atomic mass is 32.1. The van der Waals surface area contributed by atoms with E-state index in [1.54, 1.807) is 11.3 Å². The highest BCUT2D eigenvalue weighted by Gasteiger charge is 2.16. The molecule has 2 aromatic carbocycles. The Balaban J connectivity index is 1.69. The molecule has 0 fully saturated rings. The number of rotatable bonds is 10. The van der Waals surface area contributed by atoms with Gasteiger partial charge in [-0.15, -0.1) is 11.3 Å². The van der Waals surface area contributed by atoms with Crippen LogP contribution in [0.3, 0.4) is 0 Å². The van der Waals surface area contributed by atoms with Gasteiger partial charge in [0.15, 0.2) is 5.78 Å². The standard InChI is InChI=1S/C26H30O4S/c1-4-24-22(20-8-6-5-7-9-20)14-25(31-24)23(29)11-10-19-12-17(2)26(18(3)13-19)30-16-21(28)15-27/h5-9,12-14,21,27-28H,4,10-11,15-16H2,1-3H3. The van der Waals surface area contributed by atoms with Crippen molar-refractivity contribution in [3.8, 4) is 16.9 Å². The van der Waals surface area contributed by atoms with Gasteiger partial charge in [-0.1, -0.05) is 49.4 Å². The second-order valence-electron chi connectivity index (χ2n) is 7.80. The van der Waals surface area contributed by atoms with Crippen LogP contribution in [0, 0.1) is 13.8 Å². The minimum Gasteiger partial charge on any atom is -0.490 e. The van der Waals surface area contributed by atoms with Crippen molar-refractivity contribution in [3.63, 3.8) is 0 Å². The molecule has 0 aliphatic rings. The van der Waals surface area contributed by atoms with Crippen LogP contribution >= 0.6 is 11.3 Å². The van der Waals surface area contributed by atoms with Gasteiger partial charge in [0.05, 0.1) is 11.5 Å². The number of Topliss-reactive ketones (excluding diaryl/α,β-unsaturated/α-hetero) is 1. The third-order valence-corrected chi connectivity index (χ3v) is 6.60. The SMILES string of the molecule is CCc1sc(C(=O)CCc2cc(C)c(OCC(O)CO)c(C)c2)cc1-c1ccccc1. The Hall–Kier alpha value is -2.47. The monoisotopic (exact) mass is 438 g/mol. The minimum absolute atomic E-state index is 0.0535. The van der Waals surface area contributed by atoms with Crippen molar-refractivity contribution in [1.82, 2.24) is 0 Å². The average molecular weight is 439 g/mol. The molecule has 31 heavy (non-hydrogen) atoms. The summed E-state index contributed by atoms with van der Waals surface area (Å²) in [6.07, 6.45) is 1.14. The van der Waals surface area contributed by atoms with Gasteiger partial charge in [-0.25, -0.2) is 0 Å². The quantitative estimate of drug-likeness (QED) is 0.430. The molecule has 0 aliphatic carbocycles. The van der Waals surface area contributed by atoms with E-state index in [0.717, 1.165) is 44.9 Å². The van der Waals surface area contributed by atoms with E-state index in [0.29, 0.717) is 12.8 Å². The van der Waals surface area contributed by atoms with E-state index in [1.165, 1.54) is 4.88 Å². The lowest BCUT2D eigenvalue weighted by molar-refractivity contribution is 0.0531. The van der Waals surface area contributed by atoms with Crippen molar-refractivity contribution < 1.29 is 19.7 Å². The fourth-order valence-corrected chi connectivity index (χ4v) is 4.81. The number of carbonyl (C=O) groups is 1. The predicted molar refractivity (Wildman–Crippen MR) is 126 cm³/mol. The number of hydrogen-bond donors (Lipinski definition) is 2. The fraction of sp³-hybridized carbons (Fsp3) is 0.346. The van der Waals surface area contributed by atoms with E-state index in [2.05, 4.69) is 19.1 Å². The molecule has 164 valence electrons.